The third kappa shape index (κ3) is 85.9. The second kappa shape index (κ2) is 84.6. The minimum Gasteiger partial charge on any atom is -0.463 e. The van der Waals surface area contributed by atoms with Crippen molar-refractivity contribution in [1.82, 2.24) is 0 Å². The van der Waals surface area contributed by atoms with Gasteiger partial charge in [0.15, 0.2) is 6.10 Å². The Morgan fingerprint density at radius 3 is 0.757 bits per heavy atom. The number of carbonyl (C=O) groups excluding carboxylic acids is 3. The van der Waals surface area contributed by atoms with Crippen molar-refractivity contribution < 1.29 is 75.8 Å². The van der Waals surface area contributed by atoms with Crippen molar-refractivity contribution in [2.75, 3.05) is 39.6 Å². The molecule has 4 N–H and O–H groups in total. The van der Waals surface area contributed by atoms with Gasteiger partial charge in [-0.1, -0.05) is 339 Å². The summed E-state index contributed by atoms with van der Waals surface area (Å²) >= 11 is 0. The van der Waals surface area contributed by atoms with Crippen LogP contribution in [0.3, 0.4) is 0 Å². The van der Waals surface area contributed by atoms with Crippen LogP contribution in [0.25, 0.3) is 0 Å². The number of phosphoric acid groups is 2. The number of aliphatic hydroxyl groups is 2. The Morgan fingerprint density at radius 1 is 0.261 bits per heavy atom. The second-order valence-corrected chi connectivity index (χ2v) is 31.9. The number of hydrogen-bond donors (Lipinski definition) is 4. The van der Waals surface area contributed by atoms with Crippen LogP contribution in [0.1, 0.15) is 355 Å². The molecule has 0 heterocycles. The second-order valence-electron chi connectivity index (χ2n) is 29.0. The fourth-order valence-corrected chi connectivity index (χ4v) is 13.2. The van der Waals surface area contributed by atoms with Crippen LogP contribution < -0.4 is 0 Å². The van der Waals surface area contributed by atoms with Gasteiger partial charge < -0.3 is 34.2 Å². The van der Waals surface area contributed by atoms with Gasteiger partial charge in [0, 0.05) is 19.3 Å². The van der Waals surface area contributed by atoms with E-state index < -0.39 is 91.5 Å². The summed E-state index contributed by atoms with van der Waals surface area (Å²) < 4.78 is 61.4. The monoisotopic (exact) mass is 1590 g/mol. The van der Waals surface area contributed by atoms with E-state index in [1.54, 1.807) is 0 Å². The quantitative estimate of drug-likeness (QED) is 0.0146. The minimum atomic E-state index is -4.95. The number of allylic oxidation sites excluding steroid dienone is 26. The summed E-state index contributed by atoms with van der Waals surface area (Å²) in [6.07, 6.45) is 107. The third-order valence-electron chi connectivity index (χ3n) is 18.2. The zero-order valence-corrected chi connectivity index (χ0v) is 71.6. The molecule has 5 atom stereocenters. The molecule has 0 aromatic carbocycles. The summed E-state index contributed by atoms with van der Waals surface area (Å²) in [6.45, 7) is 2.52. The Morgan fingerprint density at radius 2 is 0.477 bits per heavy atom. The first-order chi connectivity index (χ1) is 54.2. The SMILES string of the molecule is CC/C=C\C/C=C\C/C=C\C/C=C\C/C=C\C/C=C\CCCCCCCCCCCCCCC(=O)OCC(O)COP(=O)(O)OCC(O)COP(=O)(O)OCC(COC(=O)CCCCCCCCCCC/C=C\C/C=C\C/C=C\C/C=C\CCCCC)OC(=O)CCCCCCCC/C=C\C/C=C\C/C=C\CCCCC. The van der Waals surface area contributed by atoms with E-state index in [2.05, 4.69) is 179 Å². The minimum absolute atomic E-state index is 0.0853. The highest BCUT2D eigenvalue weighted by molar-refractivity contribution is 7.47. The number of esters is 3. The van der Waals surface area contributed by atoms with Gasteiger partial charge in [-0.25, -0.2) is 9.13 Å². The molecule has 636 valence electrons. The first-order valence-electron chi connectivity index (χ1n) is 43.8. The first-order valence-corrected chi connectivity index (χ1v) is 46.8. The van der Waals surface area contributed by atoms with Crippen molar-refractivity contribution in [2.45, 2.75) is 373 Å². The van der Waals surface area contributed by atoms with Gasteiger partial charge in [0.1, 0.15) is 25.4 Å². The maximum absolute atomic E-state index is 13.0. The summed E-state index contributed by atoms with van der Waals surface area (Å²) in [5.41, 5.74) is 0. The van der Waals surface area contributed by atoms with Crippen LogP contribution in [-0.4, -0.2) is 95.9 Å². The van der Waals surface area contributed by atoms with Gasteiger partial charge in [-0.3, -0.25) is 32.5 Å². The molecule has 0 amide bonds. The highest BCUT2D eigenvalue weighted by atomic mass is 31.2. The Hall–Kier alpha value is -4.83. The lowest BCUT2D eigenvalue weighted by Gasteiger charge is -2.21. The zero-order chi connectivity index (χ0) is 80.8. The van der Waals surface area contributed by atoms with Crippen LogP contribution in [0, 0.1) is 0 Å². The molecule has 0 saturated heterocycles. The van der Waals surface area contributed by atoms with Gasteiger partial charge in [-0.15, -0.1) is 0 Å². The van der Waals surface area contributed by atoms with E-state index in [1.807, 2.05) is 0 Å². The lowest BCUT2D eigenvalue weighted by Crippen LogP contribution is -2.30. The van der Waals surface area contributed by atoms with E-state index in [-0.39, 0.29) is 19.3 Å². The molecule has 5 unspecified atom stereocenters. The number of aliphatic hydroxyl groups excluding tert-OH is 2. The number of hydrogen-bond acceptors (Lipinski definition) is 14. The van der Waals surface area contributed by atoms with Crippen molar-refractivity contribution in [3.63, 3.8) is 0 Å². The average molecular weight is 1590 g/mol. The van der Waals surface area contributed by atoms with E-state index in [9.17, 15) is 43.5 Å². The van der Waals surface area contributed by atoms with E-state index in [1.165, 1.54) is 122 Å². The summed E-state index contributed by atoms with van der Waals surface area (Å²) in [4.78, 5) is 58.9. The molecule has 0 bridgehead atoms. The summed E-state index contributed by atoms with van der Waals surface area (Å²) in [7, 11) is -9.81. The van der Waals surface area contributed by atoms with Crippen molar-refractivity contribution in [3.05, 3.63) is 158 Å². The van der Waals surface area contributed by atoms with Gasteiger partial charge in [0.2, 0.25) is 0 Å². The third-order valence-corrected chi connectivity index (χ3v) is 20.1. The highest BCUT2D eigenvalue weighted by Crippen LogP contribution is 2.45. The number of ether oxygens (including phenoxy) is 3. The smallest absolute Gasteiger partial charge is 0.463 e. The van der Waals surface area contributed by atoms with Crippen LogP contribution in [0.2, 0.25) is 0 Å². The van der Waals surface area contributed by atoms with Crippen LogP contribution >= 0.6 is 15.6 Å². The molecule has 0 aromatic rings. The number of rotatable bonds is 82. The maximum atomic E-state index is 13.0. The van der Waals surface area contributed by atoms with E-state index in [4.69, 9.17) is 32.3 Å². The van der Waals surface area contributed by atoms with Gasteiger partial charge in [0.25, 0.3) is 0 Å². The van der Waals surface area contributed by atoms with Gasteiger partial charge in [0.05, 0.1) is 26.4 Å². The molecule has 0 fully saturated rings. The van der Waals surface area contributed by atoms with Crippen LogP contribution in [0.15, 0.2) is 158 Å². The van der Waals surface area contributed by atoms with Gasteiger partial charge in [-0.2, -0.15) is 0 Å². The predicted molar refractivity (Wildman–Crippen MR) is 463 cm³/mol. The molecule has 0 radical (unpaired) electrons. The molecule has 0 saturated carbocycles. The highest BCUT2D eigenvalue weighted by Gasteiger charge is 2.29. The number of phosphoric ester groups is 2. The van der Waals surface area contributed by atoms with Crippen molar-refractivity contribution in [2.24, 2.45) is 0 Å². The van der Waals surface area contributed by atoms with E-state index >= 15 is 0 Å². The Balaban J connectivity index is 4.59. The normalized spacial score (nSPS) is 14.6. The van der Waals surface area contributed by atoms with Crippen molar-refractivity contribution in [1.29, 1.82) is 0 Å². The van der Waals surface area contributed by atoms with Crippen molar-refractivity contribution in [3.8, 4) is 0 Å². The molecule has 16 nitrogen and oxygen atoms in total. The molecule has 18 heteroatoms. The average Bonchev–Trinajstić information content (AvgIpc) is 0.895. The van der Waals surface area contributed by atoms with Crippen molar-refractivity contribution >= 4 is 33.6 Å². The van der Waals surface area contributed by atoms with E-state index in [0.717, 1.165) is 173 Å². The maximum Gasteiger partial charge on any atom is 0.472 e. The Labute approximate surface area is 676 Å². The molecule has 0 aliphatic carbocycles. The molecular formula is C93H158O16P2. The lowest BCUT2D eigenvalue weighted by atomic mass is 10.0. The molecular weight excluding hydrogens is 1430 g/mol. The fourth-order valence-electron chi connectivity index (χ4n) is 11.6. The first kappa shape index (κ1) is 106. The summed E-state index contributed by atoms with van der Waals surface area (Å²) in [6, 6.07) is 0. The van der Waals surface area contributed by atoms with Gasteiger partial charge in [-0.05, 0) is 154 Å². The topological polar surface area (TPSA) is 231 Å². The fraction of sp³-hybridized carbons (Fsp3) is 0.688. The number of unbranched alkanes of at least 4 members (excludes halogenated alkanes) is 33. The number of carbonyl (C=O) groups is 3. The molecule has 0 spiro atoms. The van der Waals surface area contributed by atoms with E-state index in [0.29, 0.717) is 19.3 Å². The van der Waals surface area contributed by atoms with Gasteiger partial charge >= 0.3 is 33.6 Å². The molecule has 0 aliphatic rings. The van der Waals surface area contributed by atoms with Crippen LogP contribution in [-0.2, 0) is 55.8 Å². The predicted octanol–water partition coefficient (Wildman–Crippen LogP) is 26.5. The largest absolute Gasteiger partial charge is 0.472 e. The molecule has 0 aromatic heterocycles. The zero-order valence-electron chi connectivity index (χ0n) is 69.8. The standard InChI is InChI=1S/C93H158O16P2/c1-4-7-10-13-16-19-22-25-28-31-34-36-38-40-41-42-43-44-45-47-49-50-53-55-58-61-64-67-70-73-76-79-91(96)103-82-88(94)83-105-110(99,100)106-84-89(95)85-107-111(101,102)108-87-90(109-93(98)81-78-75-72-69-66-63-60-57-52-33-30-27-24-21-18-15-12-9-6-3)86-104-92(97)80-77-74-71-68-65-62-59-56-54-51-48-46-39-37-35-32-29-26-23-20-17-14-11-8-5-2/h7,10,16-21,25-30,34-37,40-41,43-44,46,48,52,57,88-90,94-95H,4-6,8-9,11-15,22-24,31-33,38-39,42,45,47,49-51,53-56,58-87H2,1-3H3,(H,99,100)(H,101,102)/b10-7-,19-16-,20-17-,21-18-,28-25-,29-26-,30-27-,36-34-,37-35-,41-40-,44-43-,48-46-,57-52-. The molecule has 111 heavy (non-hydrogen) atoms. The summed E-state index contributed by atoms with van der Waals surface area (Å²) in [5.74, 6) is -1.59. The Bertz CT molecular complexity index is 2650. The molecule has 0 rings (SSSR count). The van der Waals surface area contributed by atoms with Crippen LogP contribution in [0.4, 0.5) is 0 Å². The summed E-state index contributed by atoms with van der Waals surface area (Å²) in [5, 5.41) is 20.7. The Kier molecular flexibility index (Phi) is 80.9. The van der Waals surface area contributed by atoms with Crippen LogP contribution in [0.5, 0.6) is 0 Å². The lowest BCUT2D eigenvalue weighted by molar-refractivity contribution is -0.161. The molecule has 0 aliphatic heterocycles.